The number of hydrogen-bond acceptors (Lipinski definition) is 3. The van der Waals surface area contributed by atoms with Crippen molar-refractivity contribution in [1.29, 1.82) is 0 Å². The number of fused-ring (bicyclic) bond motifs is 1. The van der Waals surface area contributed by atoms with Gasteiger partial charge in [-0.15, -0.1) is 0 Å². The average molecular weight is 268 g/mol. The van der Waals surface area contributed by atoms with Crippen molar-refractivity contribution in [3.63, 3.8) is 0 Å². The molecule has 0 heterocycles. The summed E-state index contributed by atoms with van der Waals surface area (Å²) in [4.78, 5) is 1.78. The zero-order chi connectivity index (χ0) is 13.2. The van der Waals surface area contributed by atoms with Crippen molar-refractivity contribution < 1.29 is 10.2 Å². The molecule has 0 saturated heterocycles. The molecule has 3 aromatic rings. The lowest BCUT2D eigenvalue weighted by Gasteiger charge is -2.06. The zero-order valence-electron chi connectivity index (χ0n) is 10.1. The van der Waals surface area contributed by atoms with E-state index in [4.69, 9.17) is 0 Å². The highest BCUT2D eigenvalue weighted by Gasteiger charge is 2.05. The second-order valence-electron chi connectivity index (χ2n) is 4.26. The molecule has 0 aliphatic heterocycles. The van der Waals surface area contributed by atoms with Crippen LogP contribution in [0.2, 0.25) is 0 Å². The molecule has 19 heavy (non-hydrogen) atoms. The molecule has 0 unspecified atom stereocenters. The van der Waals surface area contributed by atoms with E-state index in [-0.39, 0.29) is 11.5 Å². The summed E-state index contributed by atoms with van der Waals surface area (Å²) in [5.41, 5.74) is 0. The molecule has 94 valence electrons. The van der Waals surface area contributed by atoms with Gasteiger partial charge in [0.25, 0.3) is 0 Å². The first-order valence-corrected chi connectivity index (χ1v) is 6.73. The summed E-state index contributed by atoms with van der Waals surface area (Å²) in [5, 5.41) is 21.4. The molecule has 0 radical (unpaired) electrons. The maximum Gasteiger partial charge on any atom is 0.133 e. The fraction of sp³-hybridized carbons (Fsp3) is 0. The highest BCUT2D eigenvalue weighted by molar-refractivity contribution is 7.99. The number of phenols is 2. The van der Waals surface area contributed by atoms with Gasteiger partial charge in [0.05, 0.1) is 4.90 Å². The second kappa shape index (κ2) is 4.86. The topological polar surface area (TPSA) is 40.5 Å². The summed E-state index contributed by atoms with van der Waals surface area (Å²) in [5.74, 6) is 0.165. The predicted molar refractivity (Wildman–Crippen MR) is 77.8 cm³/mol. The number of rotatable bonds is 2. The van der Waals surface area contributed by atoms with Crippen LogP contribution < -0.4 is 0 Å². The van der Waals surface area contributed by atoms with E-state index in [1.165, 1.54) is 28.6 Å². The van der Waals surface area contributed by atoms with Gasteiger partial charge in [-0.3, -0.25) is 0 Å². The van der Waals surface area contributed by atoms with Gasteiger partial charge in [0.15, 0.2) is 0 Å². The highest BCUT2D eigenvalue weighted by atomic mass is 32.2. The molecular weight excluding hydrogens is 256 g/mol. The monoisotopic (exact) mass is 268 g/mol. The van der Waals surface area contributed by atoms with Crippen LogP contribution in [0.15, 0.2) is 70.5 Å². The Labute approximate surface area is 115 Å². The molecule has 0 amide bonds. The van der Waals surface area contributed by atoms with Gasteiger partial charge in [0, 0.05) is 11.0 Å². The van der Waals surface area contributed by atoms with Crippen LogP contribution in [0.4, 0.5) is 0 Å². The number of aromatic hydroxyl groups is 2. The van der Waals surface area contributed by atoms with Crippen molar-refractivity contribution in [2.24, 2.45) is 0 Å². The molecule has 0 bridgehead atoms. The number of phenolic OH excluding ortho intramolecular Hbond substituents is 2. The smallest absolute Gasteiger partial charge is 0.133 e. The van der Waals surface area contributed by atoms with E-state index in [9.17, 15) is 10.2 Å². The molecule has 3 heteroatoms. The maximum atomic E-state index is 9.79. The predicted octanol–water partition coefficient (Wildman–Crippen LogP) is 4.40. The first-order chi connectivity index (χ1) is 9.22. The van der Waals surface area contributed by atoms with Crippen molar-refractivity contribution in [1.82, 2.24) is 0 Å². The van der Waals surface area contributed by atoms with Gasteiger partial charge in [0.2, 0.25) is 0 Å². The van der Waals surface area contributed by atoms with E-state index >= 15 is 0 Å². The normalized spacial score (nSPS) is 10.7. The minimum absolute atomic E-state index is 0.0698. The fourth-order valence-electron chi connectivity index (χ4n) is 1.95. The highest BCUT2D eigenvalue weighted by Crippen LogP contribution is 2.37. The third-order valence-electron chi connectivity index (χ3n) is 2.89. The van der Waals surface area contributed by atoms with Gasteiger partial charge >= 0.3 is 0 Å². The minimum atomic E-state index is 0.0698. The lowest BCUT2D eigenvalue weighted by Crippen LogP contribution is -1.77. The summed E-state index contributed by atoms with van der Waals surface area (Å²) in [6, 6.07) is 19.0. The van der Waals surface area contributed by atoms with E-state index in [1.54, 1.807) is 12.1 Å². The molecule has 2 N–H and O–H groups in total. The molecular formula is C16H12O2S. The molecule has 0 fully saturated rings. The van der Waals surface area contributed by atoms with Gasteiger partial charge in [-0.2, -0.15) is 0 Å². The molecule has 0 aliphatic rings. The van der Waals surface area contributed by atoms with E-state index in [0.29, 0.717) is 0 Å². The molecule has 0 saturated carbocycles. The van der Waals surface area contributed by atoms with Crippen LogP contribution in [-0.4, -0.2) is 10.2 Å². The van der Waals surface area contributed by atoms with E-state index in [2.05, 4.69) is 24.3 Å². The Balaban J connectivity index is 1.96. The SMILES string of the molecule is Oc1ccc(Sc2ccc3ccccc3c2)c(O)c1. The van der Waals surface area contributed by atoms with Crippen molar-refractivity contribution in [2.45, 2.75) is 9.79 Å². The van der Waals surface area contributed by atoms with Crippen LogP contribution in [0.25, 0.3) is 10.8 Å². The summed E-state index contributed by atoms with van der Waals surface area (Å²) >= 11 is 1.48. The summed E-state index contributed by atoms with van der Waals surface area (Å²) in [6.45, 7) is 0. The Morgan fingerprint density at radius 3 is 2.32 bits per heavy atom. The third kappa shape index (κ3) is 2.51. The van der Waals surface area contributed by atoms with E-state index in [0.717, 1.165) is 9.79 Å². The molecule has 0 aliphatic carbocycles. The van der Waals surface area contributed by atoms with Crippen molar-refractivity contribution in [3.05, 3.63) is 60.7 Å². The average Bonchev–Trinajstić information content (AvgIpc) is 2.42. The Morgan fingerprint density at radius 1 is 0.737 bits per heavy atom. The standard InChI is InChI=1S/C16H12O2S/c17-13-6-8-16(15(18)10-13)19-14-7-5-11-3-1-2-4-12(11)9-14/h1-10,17-18H. The number of benzene rings is 3. The zero-order valence-corrected chi connectivity index (χ0v) is 10.9. The van der Waals surface area contributed by atoms with Gasteiger partial charge in [0.1, 0.15) is 11.5 Å². The Kier molecular flexibility index (Phi) is 3.05. The van der Waals surface area contributed by atoms with Crippen molar-refractivity contribution in [3.8, 4) is 11.5 Å². The van der Waals surface area contributed by atoms with Crippen molar-refractivity contribution in [2.75, 3.05) is 0 Å². The van der Waals surface area contributed by atoms with Crippen molar-refractivity contribution >= 4 is 22.5 Å². The third-order valence-corrected chi connectivity index (χ3v) is 3.95. The lowest BCUT2D eigenvalue weighted by molar-refractivity contribution is 0.442. The molecule has 0 aromatic heterocycles. The molecule has 0 atom stereocenters. The Hall–Kier alpha value is -2.13. The first kappa shape index (κ1) is 11.9. The minimum Gasteiger partial charge on any atom is -0.508 e. The maximum absolute atomic E-state index is 9.79. The van der Waals surface area contributed by atoms with Crippen LogP contribution in [0.1, 0.15) is 0 Å². The second-order valence-corrected chi connectivity index (χ2v) is 5.38. The Morgan fingerprint density at radius 2 is 1.53 bits per heavy atom. The van der Waals surface area contributed by atoms with Crippen LogP contribution in [0, 0.1) is 0 Å². The largest absolute Gasteiger partial charge is 0.508 e. The van der Waals surface area contributed by atoms with Crippen LogP contribution in [0.3, 0.4) is 0 Å². The van der Waals surface area contributed by atoms with Crippen LogP contribution in [-0.2, 0) is 0 Å². The van der Waals surface area contributed by atoms with E-state index < -0.39 is 0 Å². The molecule has 0 spiro atoms. The molecule has 3 rings (SSSR count). The van der Waals surface area contributed by atoms with Gasteiger partial charge < -0.3 is 10.2 Å². The Bertz CT molecular complexity index is 738. The van der Waals surface area contributed by atoms with Gasteiger partial charge in [-0.1, -0.05) is 42.1 Å². The molecule has 2 nitrogen and oxygen atoms in total. The number of hydrogen-bond donors (Lipinski definition) is 2. The van der Waals surface area contributed by atoms with Crippen LogP contribution >= 0.6 is 11.8 Å². The van der Waals surface area contributed by atoms with Crippen LogP contribution in [0.5, 0.6) is 11.5 Å². The first-order valence-electron chi connectivity index (χ1n) is 5.91. The molecule has 3 aromatic carbocycles. The fourth-order valence-corrected chi connectivity index (χ4v) is 2.83. The van der Waals surface area contributed by atoms with Gasteiger partial charge in [-0.25, -0.2) is 0 Å². The van der Waals surface area contributed by atoms with E-state index in [1.807, 2.05) is 18.2 Å². The quantitative estimate of drug-likeness (QED) is 0.723. The summed E-state index contributed by atoms with van der Waals surface area (Å²) in [6.07, 6.45) is 0. The summed E-state index contributed by atoms with van der Waals surface area (Å²) in [7, 11) is 0. The lowest BCUT2D eigenvalue weighted by atomic mass is 10.1. The van der Waals surface area contributed by atoms with Gasteiger partial charge in [-0.05, 0) is 35.0 Å². The summed E-state index contributed by atoms with van der Waals surface area (Å²) < 4.78 is 0.